The lowest BCUT2D eigenvalue weighted by Gasteiger charge is -2.28. The zero-order valence-electron chi connectivity index (χ0n) is 12.3. The van der Waals surface area contributed by atoms with Crippen molar-refractivity contribution in [1.82, 2.24) is 9.47 Å². The number of aromatic nitrogens is 1. The fourth-order valence-corrected chi connectivity index (χ4v) is 3.40. The van der Waals surface area contributed by atoms with Crippen LogP contribution in [0.1, 0.15) is 31.4 Å². The molecule has 7 heteroatoms. The third kappa shape index (κ3) is 3.72. The molecule has 1 fully saturated rings. The first kappa shape index (κ1) is 15.8. The number of carbonyl (C=O) groups excluding carboxylic acids is 2. The lowest BCUT2D eigenvalue weighted by molar-refractivity contribution is -0.148. The SMILES string of the molecule is COC(=O)CN(C(=O)Cn1c(C)csc1=O)C1CCCC1. The molecule has 0 radical (unpaired) electrons. The van der Waals surface area contributed by atoms with Crippen molar-refractivity contribution >= 4 is 23.2 Å². The third-order valence-corrected chi connectivity index (χ3v) is 4.76. The molecule has 6 nitrogen and oxygen atoms in total. The first-order valence-electron chi connectivity index (χ1n) is 7.04. The topological polar surface area (TPSA) is 68.6 Å². The lowest BCUT2D eigenvalue weighted by atomic mass is 10.2. The molecular formula is C14H20N2O4S. The van der Waals surface area contributed by atoms with Gasteiger partial charge in [0.2, 0.25) is 5.91 Å². The monoisotopic (exact) mass is 312 g/mol. The van der Waals surface area contributed by atoms with E-state index in [4.69, 9.17) is 0 Å². The molecule has 0 atom stereocenters. The minimum Gasteiger partial charge on any atom is -0.468 e. The smallest absolute Gasteiger partial charge is 0.325 e. The van der Waals surface area contributed by atoms with Gasteiger partial charge in [0, 0.05) is 17.1 Å². The summed E-state index contributed by atoms with van der Waals surface area (Å²) in [7, 11) is 1.31. The van der Waals surface area contributed by atoms with Crippen LogP contribution < -0.4 is 4.87 Å². The van der Waals surface area contributed by atoms with Gasteiger partial charge in [-0.25, -0.2) is 0 Å². The normalized spacial score (nSPS) is 15.1. The van der Waals surface area contributed by atoms with Crippen molar-refractivity contribution in [2.45, 2.75) is 45.2 Å². The number of nitrogens with zero attached hydrogens (tertiary/aromatic N) is 2. The number of carbonyl (C=O) groups is 2. The van der Waals surface area contributed by atoms with E-state index in [9.17, 15) is 14.4 Å². The van der Waals surface area contributed by atoms with E-state index >= 15 is 0 Å². The molecular weight excluding hydrogens is 292 g/mol. The second-order valence-electron chi connectivity index (χ2n) is 5.27. The van der Waals surface area contributed by atoms with Crippen molar-refractivity contribution in [3.8, 4) is 0 Å². The van der Waals surface area contributed by atoms with Crippen molar-refractivity contribution in [2.75, 3.05) is 13.7 Å². The lowest BCUT2D eigenvalue weighted by Crippen LogP contribution is -2.45. The first-order chi connectivity index (χ1) is 10.0. The fraction of sp³-hybridized carbons (Fsp3) is 0.643. The fourth-order valence-electron chi connectivity index (χ4n) is 2.66. The van der Waals surface area contributed by atoms with Gasteiger partial charge in [0.15, 0.2) is 0 Å². The van der Waals surface area contributed by atoms with Crippen LogP contribution in [0.15, 0.2) is 10.2 Å². The summed E-state index contributed by atoms with van der Waals surface area (Å²) in [6.45, 7) is 1.74. The summed E-state index contributed by atoms with van der Waals surface area (Å²) in [6.07, 6.45) is 3.93. The number of esters is 1. The Bertz CT molecular complexity index is 572. The van der Waals surface area contributed by atoms with E-state index in [1.165, 1.54) is 11.7 Å². The summed E-state index contributed by atoms with van der Waals surface area (Å²) in [6, 6.07) is 0.0752. The van der Waals surface area contributed by atoms with E-state index in [-0.39, 0.29) is 29.9 Å². The van der Waals surface area contributed by atoms with E-state index in [0.717, 1.165) is 42.7 Å². The Kier molecular flexibility index (Phi) is 5.17. The molecule has 0 saturated heterocycles. The van der Waals surface area contributed by atoms with Crippen LogP contribution in [0.25, 0.3) is 0 Å². The minimum absolute atomic E-state index is 0.0122. The summed E-state index contributed by atoms with van der Waals surface area (Å²) in [5, 5.41) is 1.73. The average molecular weight is 312 g/mol. The Hall–Kier alpha value is -1.63. The van der Waals surface area contributed by atoms with Gasteiger partial charge in [-0.2, -0.15) is 0 Å². The first-order valence-corrected chi connectivity index (χ1v) is 7.92. The summed E-state index contributed by atoms with van der Waals surface area (Å²) >= 11 is 1.08. The number of thiazole rings is 1. The Balaban J connectivity index is 2.13. The number of amides is 1. The van der Waals surface area contributed by atoms with Crippen LogP contribution >= 0.6 is 11.3 Å². The number of ether oxygens (including phenoxy) is 1. The Morgan fingerprint density at radius 2 is 2.10 bits per heavy atom. The number of aryl methyl sites for hydroxylation is 1. The van der Waals surface area contributed by atoms with Gasteiger partial charge in [0.05, 0.1) is 7.11 Å². The molecule has 1 saturated carbocycles. The van der Waals surface area contributed by atoms with Crippen LogP contribution in [0.3, 0.4) is 0 Å². The molecule has 0 bridgehead atoms. The van der Waals surface area contributed by atoms with Gasteiger partial charge < -0.3 is 9.64 Å². The van der Waals surface area contributed by atoms with Gasteiger partial charge in [0.1, 0.15) is 13.1 Å². The molecule has 0 N–H and O–H groups in total. The van der Waals surface area contributed by atoms with Crippen molar-refractivity contribution in [2.24, 2.45) is 0 Å². The minimum atomic E-state index is -0.426. The van der Waals surface area contributed by atoms with E-state index in [1.807, 2.05) is 0 Å². The highest BCUT2D eigenvalue weighted by Gasteiger charge is 2.29. The third-order valence-electron chi connectivity index (χ3n) is 3.88. The second kappa shape index (κ2) is 6.89. The molecule has 0 aromatic carbocycles. The molecule has 1 aromatic heterocycles. The quantitative estimate of drug-likeness (QED) is 0.765. The molecule has 1 amide bonds. The molecule has 1 aromatic rings. The highest BCUT2D eigenvalue weighted by atomic mass is 32.1. The Morgan fingerprint density at radius 1 is 1.43 bits per heavy atom. The molecule has 1 aliphatic carbocycles. The molecule has 21 heavy (non-hydrogen) atoms. The van der Waals surface area contributed by atoms with E-state index < -0.39 is 5.97 Å². The second-order valence-corrected chi connectivity index (χ2v) is 6.09. The average Bonchev–Trinajstić information content (AvgIpc) is 3.09. The maximum absolute atomic E-state index is 12.5. The van der Waals surface area contributed by atoms with Gasteiger partial charge in [-0.1, -0.05) is 24.2 Å². The van der Waals surface area contributed by atoms with E-state index in [1.54, 1.807) is 17.2 Å². The molecule has 2 rings (SSSR count). The Labute approximate surface area is 127 Å². The molecule has 1 aliphatic rings. The summed E-state index contributed by atoms with van der Waals surface area (Å²) < 4.78 is 6.12. The molecule has 1 heterocycles. The van der Waals surface area contributed by atoms with Crippen molar-refractivity contribution < 1.29 is 14.3 Å². The van der Waals surface area contributed by atoms with Crippen LogP contribution in [0.4, 0.5) is 0 Å². The molecule has 116 valence electrons. The van der Waals surface area contributed by atoms with Gasteiger partial charge in [-0.15, -0.1) is 0 Å². The highest BCUT2D eigenvalue weighted by molar-refractivity contribution is 7.07. The summed E-state index contributed by atoms with van der Waals surface area (Å²) in [5.41, 5.74) is 0.766. The molecule has 0 unspecified atom stereocenters. The Morgan fingerprint density at radius 3 is 2.62 bits per heavy atom. The standard InChI is InChI=1S/C14H20N2O4S/c1-10-9-21-14(19)15(10)7-12(17)16(8-13(18)20-2)11-5-3-4-6-11/h9,11H,3-8H2,1-2H3. The number of hydrogen-bond donors (Lipinski definition) is 0. The van der Waals surface area contributed by atoms with Gasteiger partial charge in [-0.3, -0.25) is 19.0 Å². The van der Waals surface area contributed by atoms with Crippen molar-refractivity contribution in [3.63, 3.8) is 0 Å². The number of methoxy groups -OCH3 is 1. The number of rotatable bonds is 5. The maximum Gasteiger partial charge on any atom is 0.325 e. The van der Waals surface area contributed by atoms with Gasteiger partial charge >= 0.3 is 10.8 Å². The molecule has 0 aliphatic heterocycles. The predicted octanol–water partition coefficient (Wildman–Crippen LogP) is 1.16. The van der Waals surface area contributed by atoms with E-state index in [2.05, 4.69) is 4.74 Å². The summed E-state index contributed by atoms with van der Waals surface area (Å²) in [5.74, 6) is -0.625. The van der Waals surface area contributed by atoms with Crippen LogP contribution in [0, 0.1) is 6.92 Å². The van der Waals surface area contributed by atoms with E-state index in [0.29, 0.717) is 0 Å². The van der Waals surface area contributed by atoms with Crippen LogP contribution in [0.5, 0.6) is 0 Å². The summed E-state index contributed by atoms with van der Waals surface area (Å²) in [4.78, 5) is 37.2. The predicted molar refractivity (Wildman–Crippen MR) is 79.3 cm³/mol. The zero-order chi connectivity index (χ0) is 15.4. The maximum atomic E-state index is 12.5. The van der Waals surface area contributed by atoms with Crippen LogP contribution in [-0.4, -0.2) is 41.0 Å². The van der Waals surface area contributed by atoms with Gasteiger partial charge in [0.25, 0.3) is 0 Å². The number of hydrogen-bond acceptors (Lipinski definition) is 5. The van der Waals surface area contributed by atoms with Crippen LogP contribution in [-0.2, 0) is 20.9 Å². The molecule has 0 spiro atoms. The van der Waals surface area contributed by atoms with Gasteiger partial charge in [-0.05, 0) is 19.8 Å². The largest absolute Gasteiger partial charge is 0.468 e. The zero-order valence-corrected chi connectivity index (χ0v) is 13.1. The van der Waals surface area contributed by atoms with Crippen molar-refractivity contribution in [3.05, 3.63) is 20.7 Å². The highest BCUT2D eigenvalue weighted by Crippen LogP contribution is 2.23. The van der Waals surface area contributed by atoms with Crippen molar-refractivity contribution in [1.29, 1.82) is 0 Å². The van der Waals surface area contributed by atoms with Crippen LogP contribution in [0.2, 0.25) is 0 Å².